The molecule has 0 spiro atoms. The molecule has 2 nitrogen and oxygen atoms in total. The predicted octanol–water partition coefficient (Wildman–Crippen LogP) is 6.46. The van der Waals surface area contributed by atoms with Gasteiger partial charge in [-0.1, -0.05) is 72.8 Å². The Kier molecular flexibility index (Phi) is 4.10. The molecule has 4 aromatic carbocycles. The first-order valence-electron chi connectivity index (χ1n) is 9.35. The summed E-state index contributed by atoms with van der Waals surface area (Å²) in [4.78, 5) is 2.22. The van der Waals surface area contributed by atoms with Crippen molar-refractivity contribution in [2.24, 2.45) is 0 Å². The number of thiocarbonyl (C=S) groups is 1. The van der Waals surface area contributed by atoms with Crippen LogP contribution < -0.4 is 9.64 Å². The second-order valence-corrected chi connectivity index (χ2v) is 7.41. The van der Waals surface area contributed by atoms with Gasteiger partial charge in [-0.05, 0) is 46.9 Å². The monoisotopic (exact) mass is 381 g/mol. The first kappa shape index (κ1) is 17.0. The molecule has 3 heteroatoms. The molecular weight excluding hydrogens is 362 g/mol. The molecule has 28 heavy (non-hydrogen) atoms. The Labute approximate surface area is 170 Å². The number of hydrogen-bond donors (Lipinski definition) is 0. The summed E-state index contributed by atoms with van der Waals surface area (Å²) >= 11 is 5.87. The van der Waals surface area contributed by atoms with Crippen molar-refractivity contribution in [1.29, 1.82) is 0 Å². The van der Waals surface area contributed by atoms with E-state index in [9.17, 15) is 0 Å². The molecule has 0 saturated heterocycles. The van der Waals surface area contributed by atoms with Gasteiger partial charge in [-0.15, -0.1) is 0 Å². The van der Waals surface area contributed by atoms with Gasteiger partial charge in [0, 0.05) is 23.8 Å². The van der Waals surface area contributed by atoms with E-state index in [1.165, 1.54) is 11.1 Å². The standard InChI is InChI=1S/C25H19NOS/c1-26-21-14-6-4-12-19(21)24(20-13-5-7-15-22(20)26)25(28)27-23-16-8-10-17-9-2-3-11-18(17)23/h2-16,24H,1H3. The van der Waals surface area contributed by atoms with Crippen molar-refractivity contribution in [3.05, 3.63) is 102 Å². The summed E-state index contributed by atoms with van der Waals surface area (Å²) in [5, 5.41) is 2.79. The molecule has 0 aliphatic carbocycles. The van der Waals surface area contributed by atoms with Gasteiger partial charge in [0.1, 0.15) is 5.75 Å². The normalized spacial score (nSPS) is 13.1. The molecule has 1 aliphatic rings. The fourth-order valence-electron chi connectivity index (χ4n) is 4.08. The lowest BCUT2D eigenvalue weighted by molar-refractivity contribution is 0.549. The molecule has 0 unspecified atom stereocenters. The molecule has 1 aliphatic heterocycles. The lowest BCUT2D eigenvalue weighted by Crippen LogP contribution is -2.27. The van der Waals surface area contributed by atoms with E-state index in [4.69, 9.17) is 17.0 Å². The third-order valence-electron chi connectivity index (χ3n) is 5.41. The van der Waals surface area contributed by atoms with E-state index in [0.717, 1.165) is 27.9 Å². The van der Waals surface area contributed by atoms with Crippen LogP contribution in [0.15, 0.2) is 91.0 Å². The topological polar surface area (TPSA) is 12.5 Å². The first-order valence-corrected chi connectivity index (χ1v) is 9.76. The molecule has 0 fully saturated rings. The number of rotatable bonds is 2. The largest absolute Gasteiger partial charge is 0.449 e. The second kappa shape index (κ2) is 6.77. The van der Waals surface area contributed by atoms with Gasteiger partial charge in [0.25, 0.3) is 0 Å². The predicted molar refractivity (Wildman–Crippen MR) is 120 cm³/mol. The minimum Gasteiger partial charge on any atom is -0.449 e. The fourth-order valence-corrected chi connectivity index (χ4v) is 4.42. The summed E-state index contributed by atoms with van der Waals surface area (Å²) < 4.78 is 6.33. The van der Waals surface area contributed by atoms with Crippen molar-refractivity contribution in [3.63, 3.8) is 0 Å². The summed E-state index contributed by atoms with van der Waals surface area (Å²) in [5.74, 6) is 0.717. The highest BCUT2D eigenvalue weighted by Gasteiger charge is 2.32. The zero-order chi connectivity index (χ0) is 19.1. The zero-order valence-corrected chi connectivity index (χ0v) is 16.3. The minimum atomic E-state index is -0.0856. The van der Waals surface area contributed by atoms with Crippen LogP contribution in [0.4, 0.5) is 11.4 Å². The average molecular weight is 382 g/mol. The summed E-state index contributed by atoms with van der Waals surface area (Å²) in [7, 11) is 2.10. The molecule has 136 valence electrons. The minimum absolute atomic E-state index is 0.0856. The van der Waals surface area contributed by atoms with Gasteiger partial charge in [-0.2, -0.15) is 0 Å². The molecule has 0 amide bonds. The molecule has 0 bridgehead atoms. The van der Waals surface area contributed by atoms with E-state index >= 15 is 0 Å². The Morgan fingerprint density at radius 2 is 1.32 bits per heavy atom. The summed E-state index contributed by atoms with van der Waals surface area (Å²) in [6.45, 7) is 0. The van der Waals surface area contributed by atoms with Crippen molar-refractivity contribution in [1.82, 2.24) is 0 Å². The third kappa shape index (κ3) is 2.67. The molecule has 0 aromatic heterocycles. The van der Waals surface area contributed by atoms with Crippen molar-refractivity contribution < 1.29 is 4.74 Å². The van der Waals surface area contributed by atoms with Gasteiger partial charge in [0.05, 0.1) is 5.92 Å². The summed E-state index contributed by atoms with van der Waals surface area (Å²) in [5.41, 5.74) is 4.67. The molecule has 4 aromatic rings. The Hall–Kier alpha value is -3.17. The van der Waals surface area contributed by atoms with Crippen LogP contribution in [0.1, 0.15) is 17.0 Å². The van der Waals surface area contributed by atoms with Crippen LogP contribution in [-0.4, -0.2) is 12.1 Å². The van der Waals surface area contributed by atoms with E-state index in [2.05, 4.69) is 78.7 Å². The van der Waals surface area contributed by atoms with Gasteiger partial charge in [0.15, 0.2) is 5.05 Å². The lowest BCUT2D eigenvalue weighted by Gasteiger charge is -2.35. The lowest BCUT2D eigenvalue weighted by atomic mass is 9.85. The molecule has 1 heterocycles. The highest BCUT2D eigenvalue weighted by Crippen LogP contribution is 2.45. The zero-order valence-electron chi connectivity index (χ0n) is 15.5. The molecule has 0 atom stereocenters. The van der Waals surface area contributed by atoms with E-state index in [0.29, 0.717) is 5.05 Å². The van der Waals surface area contributed by atoms with Crippen LogP contribution >= 0.6 is 12.2 Å². The smallest absolute Gasteiger partial charge is 0.179 e. The number of hydrogen-bond acceptors (Lipinski definition) is 3. The van der Waals surface area contributed by atoms with Crippen LogP contribution in [0.25, 0.3) is 10.8 Å². The Morgan fingerprint density at radius 1 is 0.750 bits per heavy atom. The van der Waals surface area contributed by atoms with Gasteiger partial charge in [-0.25, -0.2) is 0 Å². The SMILES string of the molecule is CN1c2ccccc2C(C(=S)Oc2cccc3ccccc23)c2ccccc21. The van der Waals surface area contributed by atoms with Crippen LogP contribution in [0, 0.1) is 0 Å². The Bertz CT molecular complexity index is 1150. The van der Waals surface area contributed by atoms with Crippen molar-refractivity contribution in [3.8, 4) is 5.75 Å². The number of ether oxygens (including phenoxy) is 1. The number of para-hydroxylation sites is 2. The van der Waals surface area contributed by atoms with Crippen molar-refractivity contribution >= 4 is 39.4 Å². The van der Waals surface area contributed by atoms with Gasteiger partial charge < -0.3 is 9.64 Å². The maximum Gasteiger partial charge on any atom is 0.179 e. The maximum atomic E-state index is 6.33. The first-order chi connectivity index (χ1) is 13.7. The second-order valence-electron chi connectivity index (χ2n) is 7.01. The van der Waals surface area contributed by atoms with Crippen LogP contribution in [0.2, 0.25) is 0 Å². The van der Waals surface area contributed by atoms with Crippen LogP contribution in [0.5, 0.6) is 5.75 Å². The molecule has 0 N–H and O–H groups in total. The third-order valence-corrected chi connectivity index (χ3v) is 5.73. The highest BCUT2D eigenvalue weighted by atomic mass is 32.1. The van der Waals surface area contributed by atoms with Gasteiger partial charge >= 0.3 is 0 Å². The number of benzene rings is 4. The molecule has 0 radical (unpaired) electrons. The molecule has 0 saturated carbocycles. The number of nitrogens with zero attached hydrogens (tertiary/aromatic N) is 1. The van der Waals surface area contributed by atoms with Crippen molar-refractivity contribution in [2.75, 3.05) is 11.9 Å². The Balaban J connectivity index is 1.61. The quantitative estimate of drug-likeness (QED) is 0.370. The van der Waals surface area contributed by atoms with Crippen LogP contribution in [-0.2, 0) is 0 Å². The maximum absolute atomic E-state index is 6.33. The van der Waals surface area contributed by atoms with Gasteiger partial charge in [0.2, 0.25) is 0 Å². The fraction of sp³-hybridized carbons (Fsp3) is 0.0800. The molecular formula is C25H19NOS. The van der Waals surface area contributed by atoms with E-state index in [-0.39, 0.29) is 5.92 Å². The summed E-state index contributed by atoms with van der Waals surface area (Å²) in [6, 6.07) is 31.1. The van der Waals surface area contributed by atoms with E-state index in [1.807, 2.05) is 24.3 Å². The average Bonchev–Trinajstić information content (AvgIpc) is 2.74. The van der Waals surface area contributed by atoms with E-state index < -0.39 is 0 Å². The van der Waals surface area contributed by atoms with Crippen molar-refractivity contribution in [2.45, 2.75) is 5.92 Å². The molecule has 5 rings (SSSR count). The van der Waals surface area contributed by atoms with E-state index in [1.54, 1.807) is 0 Å². The highest BCUT2D eigenvalue weighted by molar-refractivity contribution is 7.80. The Morgan fingerprint density at radius 3 is 2.04 bits per heavy atom. The van der Waals surface area contributed by atoms with Crippen LogP contribution in [0.3, 0.4) is 0 Å². The number of fused-ring (bicyclic) bond motifs is 3. The number of anilines is 2. The van der Waals surface area contributed by atoms with Gasteiger partial charge in [-0.3, -0.25) is 0 Å². The summed E-state index contributed by atoms with van der Waals surface area (Å²) in [6.07, 6.45) is 0.